The summed E-state index contributed by atoms with van der Waals surface area (Å²) in [6, 6.07) is 6.20. The van der Waals surface area contributed by atoms with Gasteiger partial charge in [-0.05, 0) is 37.4 Å². The van der Waals surface area contributed by atoms with Crippen LogP contribution in [-0.4, -0.2) is 19.1 Å². The van der Waals surface area contributed by atoms with E-state index in [0.29, 0.717) is 6.54 Å². The molecule has 1 aromatic rings. The summed E-state index contributed by atoms with van der Waals surface area (Å²) < 4.78 is 29.1. The van der Waals surface area contributed by atoms with Gasteiger partial charge in [0.05, 0.1) is 5.69 Å². The molecule has 1 saturated carbocycles. The largest absolute Gasteiger partial charge is 0.433 e. The Kier molecular flexibility index (Phi) is 5.50. The van der Waals surface area contributed by atoms with E-state index in [2.05, 4.69) is 10.1 Å². The topological polar surface area (TPSA) is 64.4 Å². The molecule has 0 aromatic heterocycles. The van der Waals surface area contributed by atoms with Gasteiger partial charge in [0.15, 0.2) is 0 Å². The fraction of sp³-hybridized carbons (Fsp3) is 0.533. The maximum atomic E-state index is 12.4. The van der Waals surface area contributed by atoms with Crippen molar-refractivity contribution in [3.05, 3.63) is 24.3 Å². The molecule has 0 aliphatic heterocycles. The molecule has 0 bridgehead atoms. The van der Waals surface area contributed by atoms with Crippen LogP contribution < -0.4 is 15.8 Å². The Labute approximate surface area is 122 Å². The number of carbonyl (C=O) groups excluding carboxylic acids is 1. The van der Waals surface area contributed by atoms with Crippen molar-refractivity contribution in [2.45, 2.75) is 32.3 Å². The number of alkyl halides is 2. The van der Waals surface area contributed by atoms with Crippen LogP contribution in [0.1, 0.15) is 25.7 Å². The number of amides is 1. The number of nitrogens with one attached hydrogen (secondary N) is 1. The highest BCUT2D eigenvalue weighted by molar-refractivity contribution is 5.94. The van der Waals surface area contributed by atoms with Gasteiger partial charge >= 0.3 is 6.61 Å². The lowest BCUT2D eigenvalue weighted by Gasteiger charge is -2.29. The number of benzene rings is 1. The zero-order valence-electron chi connectivity index (χ0n) is 11.7. The summed E-state index contributed by atoms with van der Waals surface area (Å²) in [7, 11) is 0. The predicted molar refractivity (Wildman–Crippen MR) is 76.2 cm³/mol. The normalized spacial score (nSPS) is 22.1. The van der Waals surface area contributed by atoms with E-state index in [1.807, 2.05) is 0 Å². The zero-order valence-corrected chi connectivity index (χ0v) is 11.7. The van der Waals surface area contributed by atoms with E-state index in [1.165, 1.54) is 6.07 Å². The van der Waals surface area contributed by atoms with E-state index in [4.69, 9.17) is 5.73 Å². The minimum absolute atomic E-state index is 0.0269. The van der Waals surface area contributed by atoms with Gasteiger partial charge in [0, 0.05) is 5.92 Å². The number of rotatable bonds is 5. The first-order chi connectivity index (χ1) is 10.1. The molecule has 116 valence electrons. The molecule has 4 nitrogen and oxygen atoms in total. The van der Waals surface area contributed by atoms with E-state index < -0.39 is 6.61 Å². The minimum Gasteiger partial charge on any atom is -0.433 e. The third-order valence-electron chi connectivity index (χ3n) is 3.91. The van der Waals surface area contributed by atoms with Crippen molar-refractivity contribution in [2.24, 2.45) is 17.6 Å². The first-order valence-corrected chi connectivity index (χ1v) is 7.16. The number of nitrogens with two attached hydrogens (primary N) is 1. The number of anilines is 1. The molecule has 6 heteroatoms. The van der Waals surface area contributed by atoms with Crippen LogP contribution in [0.25, 0.3) is 0 Å². The Balaban J connectivity index is 2.08. The minimum atomic E-state index is -2.92. The summed E-state index contributed by atoms with van der Waals surface area (Å²) in [6.45, 7) is -2.46. The average Bonchev–Trinajstić information content (AvgIpc) is 2.48. The molecule has 0 saturated heterocycles. The second-order valence-electron chi connectivity index (χ2n) is 5.25. The Morgan fingerprint density at radius 1 is 1.33 bits per heavy atom. The Morgan fingerprint density at radius 2 is 2.05 bits per heavy atom. The van der Waals surface area contributed by atoms with Crippen LogP contribution >= 0.6 is 0 Å². The van der Waals surface area contributed by atoms with E-state index in [9.17, 15) is 13.6 Å². The molecule has 1 aliphatic rings. The van der Waals surface area contributed by atoms with Gasteiger partial charge in [-0.25, -0.2) is 0 Å². The number of carbonyl (C=O) groups is 1. The van der Waals surface area contributed by atoms with Gasteiger partial charge in [-0.2, -0.15) is 8.78 Å². The summed E-state index contributed by atoms with van der Waals surface area (Å²) in [5.41, 5.74) is 5.98. The first kappa shape index (κ1) is 15.7. The molecule has 1 aromatic carbocycles. The van der Waals surface area contributed by atoms with E-state index >= 15 is 0 Å². The van der Waals surface area contributed by atoms with Crippen molar-refractivity contribution in [3.8, 4) is 5.75 Å². The van der Waals surface area contributed by atoms with Gasteiger partial charge in [-0.15, -0.1) is 0 Å². The quantitative estimate of drug-likeness (QED) is 0.878. The number of hydrogen-bond acceptors (Lipinski definition) is 3. The second kappa shape index (κ2) is 7.36. The molecule has 0 heterocycles. The fourth-order valence-electron chi connectivity index (χ4n) is 2.83. The molecule has 3 N–H and O–H groups in total. The van der Waals surface area contributed by atoms with Crippen LogP contribution in [0.5, 0.6) is 5.75 Å². The Hall–Kier alpha value is -1.69. The number of ether oxygens (including phenoxy) is 1. The van der Waals surface area contributed by atoms with Gasteiger partial charge in [0.2, 0.25) is 5.91 Å². The number of hydrogen-bond donors (Lipinski definition) is 2. The Bertz CT molecular complexity index is 482. The molecule has 1 amide bonds. The molecule has 2 unspecified atom stereocenters. The highest BCUT2D eigenvalue weighted by atomic mass is 19.3. The first-order valence-electron chi connectivity index (χ1n) is 7.16. The van der Waals surface area contributed by atoms with Gasteiger partial charge in [0.25, 0.3) is 0 Å². The summed E-state index contributed by atoms with van der Waals surface area (Å²) in [4.78, 5) is 12.4. The molecule has 2 atom stereocenters. The highest BCUT2D eigenvalue weighted by Crippen LogP contribution is 2.32. The Morgan fingerprint density at radius 3 is 2.76 bits per heavy atom. The lowest BCUT2D eigenvalue weighted by molar-refractivity contribution is -0.122. The molecule has 2 rings (SSSR count). The predicted octanol–water partition coefficient (Wildman–Crippen LogP) is 2.99. The monoisotopic (exact) mass is 298 g/mol. The lowest BCUT2D eigenvalue weighted by atomic mass is 9.78. The molecule has 21 heavy (non-hydrogen) atoms. The van der Waals surface area contributed by atoms with Crippen molar-refractivity contribution in [3.63, 3.8) is 0 Å². The highest BCUT2D eigenvalue weighted by Gasteiger charge is 2.30. The zero-order chi connectivity index (χ0) is 15.2. The lowest BCUT2D eigenvalue weighted by Crippen LogP contribution is -2.35. The van der Waals surface area contributed by atoms with Crippen LogP contribution in [0.2, 0.25) is 0 Å². The van der Waals surface area contributed by atoms with Gasteiger partial charge < -0.3 is 15.8 Å². The maximum Gasteiger partial charge on any atom is 0.387 e. The molecule has 1 fully saturated rings. The van der Waals surface area contributed by atoms with Crippen molar-refractivity contribution in [1.82, 2.24) is 0 Å². The van der Waals surface area contributed by atoms with Crippen molar-refractivity contribution in [2.75, 3.05) is 11.9 Å². The maximum absolute atomic E-state index is 12.4. The SMILES string of the molecule is NCC1CCCCC1C(=O)Nc1ccccc1OC(F)F. The summed E-state index contributed by atoms with van der Waals surface area (Å²) in [6.07, 6.45) is 3.79. The van der Waals surface area contributed by atoms with Gasteiger partial charge in [0.1, 0.15) is 5.75 Å². The van der Waals surface area contributed by atoms with Crippen LogP contribution in [-0.2, 0) is 4.79 Å². The van der Waals surface area contributed by atoms with E-state index in [1.54, 1.807) is 18.2 Å². The summed E-state index contributed by atoms with van der Waals surface area (Å²) in [5.74, 6) is -0.207. The van der Waals surface area contributed by atoms with E-state index in [-0.39, 0.29) is 29.2 Å². The second-order valence-corrected chi connectivity index (χ2v) is 5.25. The number of halogens is 2. The van der Waals surface area contributed by atoms with Crippen LogP contribution in [0, 0.1) is 11.8 Å². The molecule has 1 aliphatic carbocycles. The summed E-state index contributed by atoms with van der Waals surface area (Å²) >= 11 is 0. The standard InChI is InChI=1S/C15H20F2N2O2/c16-15(17)21-13-8-4-3-7-12(13)19-14(20)11-6-2-1-5-10(11)9-18/h3-4,7-8,10-11,15H,1-2,5-6,9,18H2,(H,19,20). The van der Waals surface area contributed by atoms with Gasteiger partial charge in [-0.3, -0.25) is 4.79 Å². The molecular formula is C15H20F2N2O2. The summed E-state index contributed by atoms with van der Waals surface area (Å²) in [5, 5.41) is 2.70. The van der Waals surface area contributed by atoms with Crippen LogP contribution in [0.4, 0.5) is 14.5 Å². The average molecular weight is 298 g/mol. The van der Waals surface area contributed by atoms with E-state index in [0.717, 1.165) is 25.7 Å². The molecular weight excluding hydrogens is 278 g/mol. The van der Waals surface area contributed by atoms with Crippen molar-refractivity contribution in [1.29, 1.82) is 0 Å². The van der Waals surface area contributed by atoms with Crippen molar-refractivity contribution < 1.29 is 18.3 Å². The smallest absolute Gasteiger partial charge is 0.387 e. The van der Waals surface area contributed by atoms with Crippen LogP contribution in [0.15, 0.2) is 24.3 Å². The number of para-hydroxylation sites is 2. The van der Waals surface area contributed by atoms with Gasteiger partial charge in [-0.1, -0.05) is 25.0 Å². The third kappa shape index (κ3) is 4.14. The van der Waals surface area contributed by atoms with Crippen molar-refractivity contribution >= 4 is 11.6 Å². The molecule has 0 spiro atoms. The van der Waals surface area contributed by atoms with Crippen LogP contribution in [0.3, 0.4) is 0 Å². The fourth-order valence-corrected chi connectivity index (χ4v) is 2.83. The molecule has 0 radical (unpaired) electrons. The third-order valence-corrected chi connectivity index (χ3v) is 3.91.